The summed E-state index contributed by atoms with van der Waals surface area (Å²) in [5, 5.41) is 0. The van der Waals surface area contributed by atoms with Gasteiger partial charge in [0, 0.05) is 0 Å². The Morgan fingerprint density at radius 2 is 1.30 bits per heavy atom. The van der Waals surface area contributed by atoms with Gasteiger partial charge in [-0.15, -0.1) is 0 Å². The van der Waals surface area contributed by atoms with Crippen LogP contribution < -0.4 is 0 Å². The first-order valence-electron chi connectivity index (χ1n) is 1.92. The third-order valence-corrected chi connectivity index (χ3v) is 5.82. The van der Waals surface area contributed by atoms with Crippen LogP contribution in [0.5, 0.6) is 0 Å². The summed E-state index contributed by atoms with van der Waals surface area (Å²) in [7, 11) is 0. The monoisotopic (exact) mass is 410 g/mol. The number of hydrogen-bond donors (Lipinski definition) is 0. The van der Waals surface area contributed by atoms with E-state index in [0.29, 0.717) is 0 Å². The Morgan fingerprint density at radius 1 is 1.00 bits per heavy atom. The molecular formula is C3HBr4F3. The molecule has 0 amide bonds. The van der Waals surface area contributed by atoms with Gasteiger partial charge in [-0.05, 0) is 31.9 Å². The van der Waals surface area contributed by atoms with Crippen LogP contribution in [0.2, 0.25) is 0 Å². The number of halogens is 7. The average molecular weight is 414 g/mol. The van der Waals surface area contributed by atoms with E-state index in [0.717, 1.165) is 0 Å². The number of hydrogen-bond acceptors (Lipinski definition) is 0. The van der Waals surface area contributed by atoms with Crippen LogP contribution in [0.15, 0.2) is 0 Å². The molecule has 0 aromatic rings. The van der Waals surface area contributed by atoms with Crippen molar-refractivity contribution in [3.8, 4) is 0 Å². The second-order valence-electron chi connectivity index (χ2n) is 1.42. The first-order valence-corrected chi connectivity index (χ1v) is 5.09. The molecule has 0 heterocycles. The maximum atomic E-state index is 12.7. The fourth-order valence-corrected chi connectivity index (χ4v) is 0.470. The SMILES string of the molecule is FC(F)C(Br)(Br)C(F)(Br)Br. The molecule has 0 atom stereocenters. The average Bonchev–Trinajstić information content (AvgIpc) is 1.62. The molecule has 0 aliphatic carbocycles. The molecule has 0 aromatic carbocycles. The Kier molecular flexibility index (Phi) is 4.23. The van der Waals surface area contributed by atoms with E-state index >= 15 is 0 Å². The molecule has 0 saturated carbocycles. The van der Waals surface area contributed by atoms with Gasteiger partial charge < -0.3 is 0 Å². The second kappa shape index (κ2) is 3.62. The largest absolute Gasteiger partial charge is 0.268 e. The van der Waals surface area contributed by atoms with Gasteiger partial charge in [-0.25, -0.2) is 13.2 Å². The normalized spacial score (nSPS) is 14.4. The Labute approximate surface area is 89.4 Å². The van der Waals surface area contributed by atoms with Gasteiger partial charge in [-0.2, -0.15) is 0 Å². The zero-order valence-corrected chi connectivity index (χ0v) is 10.6. The Bertz CT molecular complexity index is 117. The van der Waals surface area contributed by atoms with E-state index in [9.17, 15) is 13.2 Å². The Morgan fingerprint density at radius 3 is 1.30 bits per heavy atom. The van der Waals surface area contributed by atoms with Crippen molar-refractivity contribution in [3.05, 3.63) is 0 Å². The molecule has 0 nitrogen and oxygen atoms in total. The Balaban J connectivity index is 4.40. The van der Waals surface area contributed by atoms with E-state index in [1.807, 2.05) is 0 Å². The van der Waals surface area contributed by atoms with Gasteiger partial charge in [0.25, 0.3) is 6.43 Å². The van der Waals surface area contributed by atoms with Gasteiger partial charge in [0.15, 0.2) is 3.23 Å². The summed E-state index contributed by atoms with van der Waals surface area (Å²) in [5.41, 5.74) is 0. The molecule has 0 saturated heterocycles. The molecule has 0 unspecified atom stereocenters. The van der Waals surface area contributed by atoms with Gasteiger partial charge in [0.2, 0.25) is 3.49 Å². The van der Waals surface area contributed by atoms with Crippen molar-refractivity contribution >= 4 is 63.7 Å². The van der Waals surface area contributed by atoms with Crippen LogP contribution in [0.3, 0.4) is 0 Å². The highest BCUT2D eigenvalue weighted by atomic mass is 79.9. The lowest BCUT2D eigenvalue weighted by Gasteiger charge is -2.26. The first kappa shape index (κ1) is 11.7. The zero-order chi connectivity index (χ0) is 8.58. The van der Waals surface area contributed by atoms with Gasteiger partial charge in [0.1, 0.15) is 0 Å². The van der Waals surface area contributed by atoms with Crippen LogP contribution in [0.4, 0.5) is 13.2 Å². The highest BCUT2D eigenvalue weighted by Gasteiger charge is 2.52. The minimum Gasteiger partial charge on any atom is -0.216 e. The molecule has 0 N–H and O–H groups in total. The molecule has 0 aliphatic rings. The van der Waals surface area contributed by atoms with Crippen molar-refractivity contribution in [1.82, 2.24) is 0 Å². The van der Waals surface area contributed by atoms with Gasteiger partial charge >= 0.3 is 0 Å². The third-order valence-electron chi connectivity index (χ3n) is 0.652. The van der Waals surface area contributed by atoms with E-state index in [1.54, 1.807) is 0 Å². The van der Waals surface area contributed by atoms with Crippen LogP contribution in [0.1, 0.15) is 0 Å². The summed E-state index contributed by atoms with van der Waals surface area (Å²) < 4.78 is 32.0. The topological polar surface area (TPSA) is 0 Å². The van der Waals surface area contributed by atoms with E-state index in [1.165, 1.54) is 0 Å². The van der Waals surface area contributed by atoms with Crippen molar-refractivity contribution in [1.29, 1.82) is 0 Å². The van der Waals surface area contributed by atoms with Crippen molar-refractivity contribution in [2.24, 2.45) is 0 Å². The van der Waals surface area contributed by atoms with Crippen molar-refractivity contribution in [2.45, 2.75) is 13.1 Å². The van der Waals surface area contributed by atoms with E-state index in [4.69, 9.17) is 0 Å². The van der Waals surface area contributed by atoms with Gasteiger partial charge in [-0.3, -0.25) is 0 Å². The van der Waals surface area contributed by atoms with Crippen molar-refractivity contribution in [2.75, 3.05) is 0 Å². The minimum absolute atomic E-state index is 2.10. The maximum Gasteiger partial charge on any atom is 0.268 e. The predicted molar refractivity (Wildman–Crippen MR) is 48.3 cm³/mol. The molecule has 0 bridgehead atoms. The lowest BCUT2D eigenvalue weighted by atomic mass is 10.5. The molecule has 0 aliphatic heterocycles. The molecule has 7 heteroatoms. The van der Waals surface area contributed by atoms with Crippen molar-refractivity contribution in [3.63, 3.8) is 0 Å². The molecule has 62 valence electrons. The summed E-state index contributed by atoms with van der Waals surface area (Å²) in [6, 6.07) is 0. The third kappa shape index (κ3) is 2.64. The standard InChI is InChI=1S/C3HBr4F3/c4-2(5,1(8)9)3(6,7)10/h1H. The quantitative estimate of drug-likeness (QED) is 0.597. The van der Waals surface area contributed by atoms with E-state index in [2.05, 4.69) is 63.7 Å². The highest BCUT2D eigenvalue weighted by molar-refractivity contribution is 9.30. The molecule has 10 heavy (non-hydrogen) atoms. The fraction of sp³-hybridized carbons (Fsp3) is 1.00. The fourth-order valence-electron chi connectivity index (χ4n) is 0.124. The van der Waals surface area contributed by atoms with Crippen LogP contribution >= 0.6 is 63.7 Å². The smallest absolute Gasteiger partial charge is 0.216 e. The van der Waals surface area contributed by atoms with Gasteiger partial charge in [0.05, 0.1) is 0 Å². The summed E-state index contributed by atoms with van der Waals surface area (Å²) in [6.45, 7) is 0. The summed E-state index contributed by atoms with van der Waals surface area (Å²) >= 11 is 9.68. The number of alkyl halides is 7. The summed E-state index contributed by atoms with van der Waals surface area (Å²) in [6.07, 6.45) is -2.88. The lowest BCUT2D eigenvalue weighted by Crippen LogP contribution is -2.37. The highest BCUT2D eigenvalue weighted by Crippen LogP contribution is 2.52. The molecule has 0 radical (unpaired) electrons. The lowest BCUT2D eigenvalue weighted by molar-refractivity contribution is 0.117. The molecule has 0 rings (SSSR count). The van der Waals surface area contributed by atoms with Crippen molar-refractivity contribution < 1.29 is 13.2 Å². The van der Waals surface area contributed by atoms with Crippen LogP contribution in [-0.4, -0.2) is 13.1 Å². The van der Waals surface area contributed by atoms with E-state index in [-0.39, 0.29) is 0 Å². The van der Waals surface area contributed by atoms with Crippen LogP contribution in [0, 0.1) is 0 Å². The van der Waals surface area contributed by atoms with Crippen LogP contribution in [0.25, 0.3) is 0 Å². The molecule has 0 aromatic heterocycles. The first-order chi connectivity index (χ1) is 4.19. The van der Waals surface area contributed by atoms with E-state index < -0.39 is 13.1 Å². The minimum atomic E-state index is -2.88. The zero-order valence-electron chi connectivity index (χ0n) is 4.22. The Hall–Kier alpha value is 1.71. The predicted octanol–water partition coefficient (Wildman–Crippen LogP) is 4.15. The molecular weight excluding hydrogens is 413 g/mol. The molecule has 0 fully saturated rings. The second-order valence-corrected chi connectivity index (χ2v) is 8.24. The molecule has 0 spiro atoms. The van der Waals surface area contributed by atoms with Crippen LogP contribution in [-0.2, 0) is 0 Å². The maximum absolute atomic E-state index is 12.7. The van der Waals surface area contributed by atoms with Gasteiger partial charge in [-0.1, -0.05) is 31.9 Å². The summed E-state index contributed by atoms with van der Waals surface area (Å²) in [4.78, 5) is 0. The summed E-state index contributed by atoms with van der Waals surface area (Å²) in [5.74, 6) is 0. The number of rotatable bonds is 2.